The van der Waals surface area contributed by atoms with E-state index in [0.717, 1.165) is 50.8 Å². The molecule has 4 N–H and O–H groups in total. The molecule has 0 saturated heterocycles. The maximum absolute atomic E-state index is 6.32. The average molecular weight is 648 g/mol. The van der Waals surface area contributed by atoms with Crippen molar-refractivity contribution in [3.05, 3.63) is 167 Å². The number of aromatic nitrogens is 1. The van der Waals surface area contributed by atoms with Crippen molar-refractivity contribution < 1.29 is 0 Å². The number of nitrogens with two attached hydrogens (primary N) is 1. The molecule has 0 saturated carbocycles. The molecule has 3 unspecified atom stereocenters. The molecule has 6 rings (SSSR count). The monoisotopic (exact) mass is 647 g/mol. The second-order valence-corrected chi connectivity index (χ2v) is 13.7. The minimum Gasteiger partial charge on any atom is -0.381 e. The predicted octanol–water partition coefficient (Wildman–Crippen LogP) is 11.6. The number of hydrogen-bond donors (Lipinski definition) is 3. The van der Waals surface area contributed by atoms with Crippen LogP contribution in [0.4, 0.5) is 5.69 Å². The zero-order chi connectivity index (χ0) is 33.8. The Morgan fingerprint density at radius 2 is 1.82 bits per heavy atom. The fourth-order valence-electron chi connectivity index (χ4n) is 7.59. The molecule has 1 heterocycles. The summed E-state index contributed by atoms with van der Waals surface area (Å²) in [6.07, 6.45) is 39.8. The van der Waals surface area contributed by atoms with Gasteiger partial charge < -0.3 is 16.0 Å². The zero-order valence-electron chi connectivity index (χ0n) is 29.4. The SMILES string of the molecule is C/C=C\CCC(N)\C=C/C=C/C(=C/C=C(\C)C1=C2C=CCCC2C(c2ccc(-c3cc[nH]c3)cc2)CC1)CNc1ccc2c(c1)C=CCC2. The number of hydrogen-bond acceptors (Lipinski definition) is 2. The van der Waals surface area contributed by atoms with Gasteiger partial charge in [0.2, 0.25) is 0 Å². The van der Waals surface area contributed by atoms with Gasteiger partial charge in [-0.2, -0.15) is 0 Å². The number of fused-ring (bicyclic) bond motifs is 2. The molecule has 0 amide bonds. The maximum Gasteiger partial charge on any atom is 0.0400 e. The molecule has 3 atom stereocenters. The highest BCUT2D eigenvalue weighted by atomic mass is 14.9. The van der Waals surface area contributed by atoms with Crippen molar-refractivity contribution in [1.29, 1.82) is 0 Å². The van der Waals surface area contributed by atoms with E-state index in [2.05, 4.69) is 152 Å². The minimum atomic E-state index is 0.0641. The summed E-state index contributed by atoms with van der Waals surface area (Å²) < 4.78 is 0. The van der Waals surface area contributed by atoms with Crippen molar-refractivity contribution in [2.24, 2.45) is 11.7 Å². The van der Waals surface area contributed by atoms with E-state index in [4.69, 9.17) is 5.73 Å². The molecule has 2 aromatic carbocycles. The Bertz CT molecular complexity index is 1790. The van der Waals surface area contributed by atoms with Crippen LogP contribution in [-0.4, -0.2) is 17.6 Å². The van der Waals surface area contributed by atoms with Gasteiger partial charge >= 0.3 is 0 Å². The molecule has 0 fully saturated rings. The van der Waals surface area contributed by atoms with Gasteiger partial charge in [0.1, 0.15) is 0 Å². The van der Waals surface area contributed by atoms with E-state index in [9.17, 15) is 0 Å². The molecule has 0 bridgehead atoms. The number of allylic oxidation sites excluding steroid dienone is 12. The van der Waals surface area contributed by atoms with E-state index in [1.807, 2.05) is 6.20 Å². The topological polar surface area (TPSA) is 53.8 Å². The van der Waals surface area contributed by atoms with E-state index >= 15 is 0 Å². The number of aromatic amines is 1. The van der Waals surface area contributed by atoms with Gasteiger partial charge in [-0.05, 0) is 145 Å². The summed E-state index contributed by atoms with van der Waals surface area (Å²) in [4.78, 5) is 3.18. The van der Waals surface area contributed by atoms with Gasteiger partial charge in [-0.25, -0.2) is 0 Å². The van der Waals surface area contributed by atoms with Gasteiger partial charge in [0.05, 0.1) is 0 Å². The van der Waals surface area contributed by atoms with Crippen molar-refractivity contribution in [1.82, 2.24) is 4.98 Å². The van der Waals surface area contributed by atoms with Crippen molar-refractivity contribution in [3.8, 4) is 11.1 Å². The van der Waals surface area contributed by atoms with Crippen molar-refractivity contribution in [2.45, 2.75) is 77.2 Å². The molecule has 0 radical (unpaired) electrons. The quantitative estimate of drug-likeness (QED) is 0.128. The first-order chi connectivity index (χ1) is 24.1. The highest BCUT2D eigenvalue weighted by molar-refractivity contribution is 5.64. The van der Waals surface area contributed by atoms with Crippen LogP contribution >= 0.6 is 0 Å². The summed E-state index contributed by atoms with van der Waals surface area (Å²) in [6.45, 7) is 5.11. The fraction of sp³-hybridized carbons (Fsp3) is 0.304. The Labute approximate surface area is 294 Å². The lowest BCUT2D eigenvalue weighted by molar-refractivity contribution is 0.406. The first kappa shape index (κ1) is 34.3. The minimum absolute atomic E-state index is 0.0641. The van der Waals surface area contributed by atoms with E-state index in [1.54, 1.807) is 5.57 Å². The Hall–Kier alpha value is -4.60. The van der Waals surface area contributed by atoms with Crippen LogP contribution in [0, 0.1) is 5.92 Å². The molecular weight excluding hydrogens is 595 g/mol. The second-order valence-electron chi connectivity index (χ2n) is 13.7. The van der Waals surface area contributed by atoms with Gasteiger partial charge in [-0.3, -0.25) is 0 Å². The van der Waals surface area contributed by atoms with E-state index in [1.165, 1.54) is 57.4 Å². The molecule has 3 aliphatic rings. The van der Waals surface area contributed by atoms with Crippen LogP contribution < -0.4 is 11.1 Å². The van der Waals surface area contributed by atoms with Crippen LogP contribution in [0.15, 0.2) is 150 Å². The number of H-pyrrole nitrogens is 1. The number of nitrogens with one attached hydrogen (secondary N) is 2. The molecule has 3 nitrogen and oxygen atoms in total. The number of rotatable bonds is 13. The Balaban J connectivity index is 1.21. The molecule has 3 aromatic rings. The lowest BCUT2D eigenvalue weighted by atomic mass is 9.67. The first-order valence-corrected chi connectivity index (χ1v) is 18.3. The van der Waals surface area contributed by atoms with E-state index < -0.39 is 0 Å². The van der Waals surface area contributed by atoms with Gasteiger partial charge in [0.25, 0.3) is 0 Å². The standard InChI is InChI=1S/C46H53N3/c1-3-4-5-15-41(47)16-9-6-12-35(32-49-42-26-25-36-13-7-8-14-39(36)31-42)20-19-34(2)43-27-28-44(46-18-11-10-17-45(43)46)38-23-21-37(22-24-38)40-29-30-48-33-40/h3-4,6,8-10,12,14,16-17,19-26,29-31,33,41,44,46,48-49H,5,7,11,13,15,18,27-28,32,47H2,1-2H3/b4-3-,12-6+,16-9-,34-19+,35-20-. The Kier molecular flexibility index (Phi) is 12.0. The fourth-order valence-corrected chi connectivity index (χ4v) is 7.59. The highest BCUT2D eigenvalue weighted by Gasteiger charge is 2.32. The summed E-state index contributed by atoms with van der Waals surface area (Å²) >= 11 is 0. The molecule has 49 heavy (non-hydrogen) atoms. The summed E-state index contributed by atoms with van der Waals surface area (Å²) in [6, 6.07) is 18.3. The van der Waals surface area contributed by atoms with Crippen molar-refractivity contribution >= 4 is 11.8 Å². The third-order valence-electron chi connectivity index (χ3n) is 10.4. The smallest absolute Gasteiger partial charge is 0.0400 e. The van der Waals surface area contributed by atoms with Gasteiger partial charge in [-0.15, -0.1) is 0 Å². The molecule has 3 aliphatic carbocycles. The average Bonchev–Trinajstić information content (AvgIpc) is 3.69. The Morgan fingerprint density at radius 1 is 0.939 bits per heavy atom. The van der Waals surface area contributed by atoms with E-state index in [0.29, 0.717) is 11.8 Å². The van der Waals surface area contributed by atoms with Crippen LogP contribution in [0.1, 0.15) is 81.4 Å². The summed E-state index contributed by atoms with van der Waals surface area (Å²) in [5.74, 6) is 1.14. The molecule has 0 spiro atoms. The highest BCUT2D eigenvalue weighted by Crippen LogP contribution is 2.47. The lowest BCUT2D eigenvalue weighted by Gasteiger charge is -2.37. The van der Waals surface area contributed by atoms with Crippen LogP contribution in [0.5, 0.6) is 0 Å². The summed E-state index contributed by atoms with van der Waals surface area (Å²) in [5, 5.41) is 3.70. The van der Waals surface area contributed by atoms with Crippen LogP contribution in [-0.2, 0) is 6.42 Å². The molecule has 252 valence electrons. The number of benzene rings is 2. The summed E-state index contributed by atoms with van der Waals surface area (Å²) in [5.41, 5.74) is 19.9. The second kappa shape index (κ2) is 17.2. The van der Waals surface area contributed by atoms with Gasteiger partial charge in [-0.1, -0.05) is 103 Å². The third-order valence-corrected chi connectivity index (χ3v) is 10.4. The number of aryl methyl sites for hydroxylation is 1. The molecule has 1 aromatic heterocycles. The number of anilines is 1. The third kappa shape index (κ3) is 9.10. The molecule has 0 aliphatic heterocycles. The van der Waals surface area contributed by atoms with Crippen LogP contribution in [0.25, 0.3) is 17.2 Å². The summed E-state index contributed by atoms with van der Waals surface area (Å²) in [7, 11) is 0. The van der Waals surface area contributed by atoms with Crippen LogP contribution in [0.3, 0.4) is 0 Å². The predicted molar refractivity (Wildman–Crippen MR) is 212 cm³/mol. The first-order valence-electron chi connectivity index (χ1n) is 18.3. The largest absolute Gasteiger partial charge is 0.381 e. The van der Waals surface area contributed by atoms with Gasteiger partial charge in [0, 0.05) is 30.7 Å². The molecule has 3 heteroatoms. The van der Waals surface area contributed by atoms with Crippen LogP contribution in [0.2, 0.25) is 0 Å². The van der Waals surface area contributed by atoms with E-state index in [-0.39, 0.29) is 6.04 Å². The normalized spacial score (nSPS) is 20.4. The zero-order valence-corrected chi connectivity index (χ0v) is 29.4. The van der Waals surface area contributed by atoms with Gasteiger partial charge in [0.15, 0.2) is 0 Å². The van der Waals surface area contributed by atoms with Crippen molar-refractivity contribution in [2.75, 3.05) is 11.9 Å². The molecular formula is C46H53N3. The Morgan fingerprint density at radius 3 is 2.65 bits per heavy atom. The maximum atomic E-state index is 6.32. The van der Waals surface area contributed by atoms with Crippen molar-refractivity contribution in [3.63, 3.8) is 0 Å². The lowest BCUT2D eigenvalue weighted by Crippen LogP contribution is -2.23.